The molecule has 0 atom stereocenters. The van der Waals surface area contributed by atoms with Gasteiger partial charge in [-0.05, 0) is 0 Å². The van der Waals surface area contributed by atoms with Gasteiger partial charge in [-0.25, -0.2) is 4.79 Å². The largest absolute Gasteiger partial charge is 0.478 e. The Morgan fingerprint density at radius 1 is 1.35 bits per heavy atom. The predicted octanol–water partition coefficient (Wildman–Crippen LogP) is 0.463. The van der Waals surface area contributed by atoms with E-state index in [2.05, 4.69) is 10.5 Å². The van der Waals surface area contributed by atoms with E-state index in [9.17, 15) is 9.59 Å². The van der Waals surface area contributed by atoms with Crippen LogP contribution in [0.3, 0.4) is 0 Å². The molecule has 1 aliphatic rings. The normalized spacial score (nSPS) is 17.1. The fourth-order valence-electron chi connectivity index (χ4n) is 1.25. The summed E-state index contributed by atoms with van der Waals surface area (Å²) in [5, 5.41) is 14.6. The molecule has 6 heteroatoms. The highest BCUT2D eigenvalue weighted by Crippen LogP contribution is 2.08. The molecule has 2 N–H and O–H groups in total. The molecule has 0 bridgehead atoms. The van der Waals surface area contributed by atoms with Crippen LogP contribution in [0.5, 0.6) is 0 Å². The zero-order valence-electron chi connectivity index (χ0n) is 8.58. The Morgan fingerprint density at radius 2 is 2.06 bits per heavy atom. The number of oxime groups is 1. The van der Waals surface area contributed by atoms with Crippen LogP contribution in [0.15, 0.2) is 47.3 Å². The first-order valence-electron chi connectivity index (χ1n) is 4.73. The lowest BCUT2D eigenvalue weighted by atomic mass is 10.2. The summed E-state index contributed by atoms with van der Waals surface area (Å²) in [6.07, 6.45) is 0.653. The van der Waals surface area contributed by atoms with Crippen molar-refractivity contribution in [1.29, 1.82) is 0 Å². The number of amidine groups is 1. The van der Waals surface area contributed by atoms with Gasteiger partial charge in [-0.1, -0.05) is 35.5 Å². The molecule has 0 radical (unpaired) electrons. The van der Waals surface area contributed by atoms with Crippen LogP contribution in [0.2, 0.25) is 0 Å². The number of amides is 1. The minimum Gasteiger partial charge on any atom is -0.478 e. The maximum absolute atomic E-state index is 11.5. The van der Waals surface area contributed by atoms with Crippen LogP contribution in [0.1, 0.15) is 5.56 Å². The topological polar surface area (TPSA) is 88.0 Å². The SMILES string of the molecule is O=C(O)/C=C1\ON=C(c2ccccc2)NC1=O. The highest BCUT2D eigenvalue weighted by molar-refractivity contribution is 6.13. The van der Waals surface area contributed by atoms with Gasteiger partial charge in [0.2, 0.25) is 5.76 Å². The average molecular weight is 232 g/mol. The summed E-state index contributed by atoms with van der Waals surface area (Å²) in [4.78, 5) is 26.6. The number of hydrogen-bond donors (Lipinski definition) is 2. The number of benzene rings is 1. The van der Waals surface area contributed by atoms with Crippen LogP contribution in [-0.4, -0.2) is 22.8 Å². The minimum atomic E-state index is -1.27. The molecular formula is C11H8N2O4. The second-order valence-corrected chi connectivity index (χ2v) is 3.20. The standard InChI is InChI=1S/C11H8N2O4/c14-9(15)6-8-11(16)12-10(13-17-8)7-4-2-1-3-5-7/h1-6H,(H,14,15)(H,12,13,16)/b8-6-. The monoisotopic (exact) mass is 232 g/mol. The first-order valence-corrected chi connectivity index (χ1v) is 4.73. The molecule has 0 aliphatic carbocycles. The predicted molar refractivity (Wildman–Crippen MR) is 57.9 cm³/mol. The molecule has 1 amide bonds. The van der Waals surface area contributed by atoms with E-state index in [-0.39, 0.29) is 11.6 Å². The molecule has 1 aromatic carbocycles. The van der Waals surface area contributed by atoms with Crippen LogP contribution >= 0.6 is 0 Å². The van der Waals surface area contributed by atoms with Gasteiger partial charge in [-0.15, -0.1) is 0 Å². The molecule has 0 unspecified atom stereocenters. The number of hydrogen-bond acceptors (Lipinski definition) is 4. The average Bonchev–Trinajstić information content (AvgIpc) is 2.32. The van der Waals surface area contributed by atoms with Crippen molar-refractivity contribution in [2.45, 2.75) is 0 Å². The molecule has 17 heavy (non-hydrogen) atoms. The number of carboxylic acid groups (broad SMARTS) is 1. The second-order valence-electron chi connectivity index (χ2n) is 3.20. The molecule has 1 heterocycles. The Balaban J connectivity index is 2.24. The quantitative estimate of drug-likeness (QED) is 0.725. The Morgan fingerprint density at radius 3 is 2.65 bits per heavy atom. The van der Waals surface area contributed by atoms with Gasteiger partial charge in [0.15, 0.2) is 5.84 Å². The third-order valence-electron chi connectivity index (χ3n) is 1.99. The van der Waals surface area contributed by atoms with Crippen molar-refractivity contribution < 1.29 is 19.5 Å². The summed E-state index contributed by atoms with van der Waals surface area (Å²) in [6.45, 7) is 0. The zero-order valence-corrected chi connectivity index (χ0v) is 8.58. The van der Waals surface area contributed by atoms with E-state index in [1.165, 1.54) is 0 Å². The molecule has 0 fully saturated rings. The lowest BCUT2D eigenvalue weighted by molar-refractivity contribution is -0.132. The lowest BCUT2D eigenvalue weighted by Crippen LogP contribution is -2.36. The molecular weight excluding hydrogens is 224 g/mol. The summed E-state index contributed by atoms with van der Waals surface area (Å²) < 4.78 is 0. The molecule has 86 valence electrons. The van der Waals surface area contributed by atoms with Crippen LogP contribution in [0.25, 0.3) is 0 Å². The van der Waals surface area contributed by atoms with Crippen LogP contribution < -0.4 is 5.32 Å². The number of nitrogens with zero attached hydrogens (tertiary/aromatic N) is 1. The number of rotatable bonds is 2. The van der Waals surface area contributed by atoms with E-state index in [0.29, 0.717) is 11.6 Å². The summed E-state index contributed by atoms with van der Waals surface area (Å²) in [6, 6.07) is 8.88. The van der Waals surface area contributed by atoms with Crippen molar-refractivity contribution in [3.63, 3.8) is 0 Å². The zero-order chi connectivity index (χ0) is 12.3. The Hall–Kier alpha value is -2.63. The fourth-order valence-corrected chi connectivity index (χ4v) is 1.25. The van der Waals surface area contributed by atoms with Crippen molar-refractivity contribution in [2.75, 3.05) is 0 Å². The molecule has 1 aliphatic heterocycles. The van der Waals surface area contributed by atoms with Gasteiger partial charge in [0, 0.05) is 5.56 Å². The maximum atomic E-state index is 11.5. The fraction of sp³-hybridized carbons (Fsp3) is 0. The number of carboxylic acids is 1. The van der Waals surface area contributed by atoms with Gasteiger partial charge in [-0.3, -0.25) is 4.79 Å². The van der Waals surface area contributed by atoms with Crippen LogP contribution in [-0.2, 0) is 14.4 Å². The third-order valence-corrected chi connectivity index (χ3v) is 1.99. The summed E-state index contributed by atoms with van der Waals surface area (Å²) >= 11 is 0. The minimum absolute atomic E-state index is 0.248. The van der Waals surface area contributed by atoms with Gasteiger partial charge in [0.1, 0.15) is 0 Å². The molecule has 0 saturated carbocycles. The van der Waals surface area contributed by atoms with Crippen molar-refractivity contribution in [3.8, 4) is 0 Å². The van der Waals surface area contributed by atoms with Crippen molar-refractivity contribution in [1.82, 2.24) is 5.32 Å². The highest BCUT2D eigenvalue weighted by atomic mass is 16.6. The lowest BCUT2D eigenvalue weighted by Gasteiger charge is -2.14. The highest BCUT2D eigenvalue weighted by Gasteiger charge is 2.21. The number of nitrogens with one attached hydrogen (secondary N) is 1. The molecule has 0 spiro atoms. The van der Waals surface area contributed by atoms with Crippen LogP contribution in [0.4, 0.5) is 0 Å². The van der Waals surface area contributed by atoms with Gasteiger partial charge in [-0.2, -0.15) is 0 Å². The molecule has 0 saturated heterocycles. The van der Waals surface area contributed by atoms with Gasteiger partial charge in [0.25, 0.3) is 5.91 Å². The molecule has 0 aromatic heterocycles. The first-order chi connectivity index (χ1) is 8.16. The van der Waals surface area contributed by atoms with Crippen molar-refractivity contribution >= 4 is 17.7 Å². The Bertz CT molecular complexity index is 520. The maximum Gasteiger partial charge on any atom is 0.332 e. The molecule has 6 nitrogen and oxygen atoms in total. The number of carbonyl (C=O) groups excluding carboxylic acids is 1. The summed E-state index contributed by atoms with van der Waals surface area (Å²) in [5.74, 6) is -2.01. The van der Waals surface area contributed by atoms with Gasteiger partial charge < -0.3 is 15.3 Å². The molecule has 2 rings (SSSR count). The first kappa shape index (κ1) is 10.9. The third kappa shape index (κ3) is 2.49. The smallest absolute Gasteiger partial charge is 0.332 e. The Kier molecular flexibility index (Phi) is 2.87. The van der Waals surface area contributed by atoms with E-state index in [4.69, 9.17) is 9.94 Å². The van der Waals surface area contributed by atoms with E-state index in [0.717, 1.165) is 0 Å². The van der Waals surface area contributed by atoms with Gasteiger partial charge >= 0.3 is 5.97 Å². The summed E-state index contributed by atoms with van der Waals surface area (Å²) in [5.41, 5.74) is 0.676. The van der Waals surface area contributed by atoms with E-state index in [1.807, 2.05) is 6.07 Å². The molecule has 1 aromatic rings. The second kappa shape index (κ2) is 4.48. The van der Waals surface area contributed by atoms with Crippen molar-refractivity contribution in [2.24, 2.45) is 5.16 Å². The van der Waals surface area contributed by atoms with Crippen molar-refractivity contribution in [3.05, 3.63) is 47.7 Å². The summed E-state index contributed by atoms with van der Waals surface area (Å²) in [7, 11) is 0. The van der Waals surface area contributed by atoms with E-state index in [1.54, 1.807) is 24.3 Å². The van der Waals surface area contributed by atoms with Crippen LogP contribution in [0, 0.1) is 0 Å². The number of aliphatic carboxylic acids is 1. The number of carbonyl (C=O) groups is 2. The van der Waals surface area contributed by atoms with Gasteiger partial charge in [0.05, 0.1) is 6.08 Å². The Labute approximate surface area is 96.2 Å². The van der Waals surface area contributed by atoms with E-state index >= 15 is 0 Å². The van der Waals surface area contributed by atoms with E-state index < -0.39 is 11.9 Å².